The van der Waals surface area contributed by atoms with Gasteiger partial charge in [0.15, 0.2) is 5.58 Å². The minimum Gasteiger partial charge on any atom is -0.467 e. The SMILES string of the molecule is Cc1cccc(Cn2c(C(=O)NCc3ccco3)cc3occc32)c1. The van der Waals surface area contributed by atoms with Gasteiger partial charge in [0.2, 0.25) is 0 Å². The maximum atomic E-state index is 12.7. The lowest BCUT2D eigenvalue weighted by atomic mass is 10.1. The molecule has 1 amide bonds. The summed E-state index contributed by atoms with van der Waals surface area (Å²) in [4.78, 5) is 12.7. The van der Waals surface area contributed by atoms with Crippen molar-refractivity contribution in [3.05, 3.63) is 83.6 Å². The van der Waals surface area contributed by atoms with Gasteiger partial charge in [-0.3, -0.25) is 4.79 Å². The molecule has 0 unspecified atom stereocenters. The second kappa shape index (κ2) is 6.36. The van der Waals surface area contributed by atoms with Gasteiger partial charge in [-0.2, -0.15) is 0 Å². The van der Waals surface area contributed by atoms with E-state index in [9.17, 15) is 4.79 Å². The highest BCUT2D eigenvalue weighted by atomic mass is 16.3. The minimum absolute atomic E-state index is 0.157. The highest BCUT2D eigenvalue weighted by Crippen LogP contribution is 2.23. The summed E-state index contributed by atoms with van der Waals surface area (Å²) in [7, 11) is 0. The molecule has 5 nitrogen and oxygen atoms in total. The van der Waals surface area contributed by atoms with E-state index in [0.717, 1.165) is 11.1 Å². The molecule has 1 aromatic carbocycles. The molecular weight excluding hydrogens is 316 g/mol. The quantitative estimate of drug-likeness (QED) is 0.597. The van der Waals surface area contributed by atoms with Crippen molar-refractivity contribution in [2.75, 3.05) is 0 Å². The van der Waals surface area contributed by atoms with E-state index in [1.807, 2.05) is 22.8 Å². The maximum absolute atomic E-state index is 12.7. The van der Waals surface area contributed by atoms with E-state index in [-0.39, 0.29) is 5.91 Å². The van der Waals surface area contributed by atoms with Crippen molar-refractivity contribution in [1.82, 2.24) is 9.88 Å². The Bertz CT molecular complexity index is 1010. The maximum Gasteiger partial charge on any atom is 0.268 e. The van der Waals surface area contributed by atoms with Gasteiger partial charge in [0.05, 0.1) is 24.6 Å². The van der Waals surface area contributed by atoms with Crippen LogP contribution in [-0.2, 0) is 13.1 Å². The number of benzene rings is 1. The predicted octanol–water partition coefficient (Wildman–Crippen LogP) is 4.11. The van der Waals surface area contributed by atoms with Crippen LogP contribution in [-0.4, -0.2) is 10.5 Å². The van der Waals surface area contributed by atoms with E-state index in [1.54, 1.807) is 24.7 Å². The molecule has 0 fully saturated rings. The van der Waals surface area contributed by atoms with Gasteiger partial charge in [-0.25, -0.2) is 0 Å². The predicted molar refractivity (Wildman–Crippen MR) is 94.4 cm³/mol. The van der Waals surface area contributed by atoms with Crippen molar-refractivity contribution in [1.29, 1.82) is 0 Å². The molecule has 0 spiro atoms. The summed E-state index contributed by atoms with van der Waals surface area (Å²) in [6.45, 7) is 3.01. The fraction of sp³-hybridized carbons (Fsp3) is 0.150. The Morgan fingerprint density at radius 2 is 2.00 bits per heavy atom. The van der Waals surface area contributed by atoms with Crippen LogP contribution in [0.25, 0.3) is 11.1 Å². The van der Waals surface area contributed by atoms with Crippen molar-refractivity contribution >= 4 is 17.0 Å². The van der Waals surface area contributed by atoms with Crippen LogP contribution in [0.2, 0.25) is 0 Å². The van der Waals surface area contributed by atoms with Gasteiger partial charge in [0.25, 0.3) is 5.91 Å². The Labute approximate surface area is 144 Å². The molecule has 0 aliphatic heterocycles. The van der Waals surface area contributed by atoms with Crippen molar-refractivity contribution in [2.45, 2.75) is 20.0 Å². The molecule has 0 aliphatic carbocycles. The Hall–Kier alpha value is -3.21. The first kappa shape index (κ1) is 15.3. The standard InChI is InChI=1S/C20H18N2O3/c1-14-4-2-5-15(10-14)13-22-17-7-9-25-19(17)11-18(22)20(23)21-12-16-6-3-8-24-16/h2-11H,12-13H2,1H3,(H,21,23). The average Bonchev–Trinajstić information content (AvgIpc) is 3.31. The third kappa shape index (κ3) is 3.08. The summed E-state index contributed by atoms with van der Waals surface area (Å²) in [6, 6.07) is 15.6. The highest BCUT2D eigenvalue weighted by Gasteiger charge is 2.18. The van der Waals surface area contributed by atoms with Crippen LogP contribution in [0.4, 0.5) is 0 Å². The molecule has 25 heavy (non-hydrogen) atoms. The van der Waals surface area contributed by atoms with Gasteiger partial charge in [0.1, 0.15) is 11.5 Å². The van der Waals surface area contributed by atoms with E-state index >= 15 is 0 Å². The number of aryl methyl sites for hydroxylation is 1. The third-order valence-corrected chi connectivity index (χ3v) is 4.18. The minimum atomic E-state index is -0.157. The lowest BCUT2D eigenvalue weighted by Crippen LogP contribution is -2.25. The summed E-state index contributed by atoms with van der Waals surface area (Å²) in [5.41, 5.74) is 4.51. The second-order valence-electron chi connectivity index (χ2n) is 6.04. The summed E-state index contributed by atoms with van der Waals surface area (Å²) >= 11 is 0. The number of rotatable bonds is 5. The van der Waals surface area contributed by atoms with E-state index in [4.69, 9.17) is 8.83 Å². The van der Waals surface area contributed by atoms with Crippen LogP contribution in [0.5, 0.6) is 0 Å². The smallest absolute Gasteiger partial charge is 0.268 e. The number of fused-ring (bicyclic) bond motifs is 1. The molecule has 1 N–H and O–H groups in total. The zero-order valence-corrected chi connectivity index (χ0v) is 13.9. The molecule has 0 radical (unpaired) electrons. The molecule has 0 bridgehead atoms. The van der Waals surface area contributed by atoms with Crippen molar-refractivity contribution < 1.29 is 13.6 Å². The van der Waals surface area contributed by atoms with Crippen LogP contribution in [0.15, 0.2) is 69.9 Å². The van der Waals surface area contributed by atoms with Crippen molar-refractivity contribution in [3.63, 3.8) is 0 Å². The molecule has 3 aromatic heterocycles. The molecular formula is C20H18N2O3. The summed E-state index contributed by atoms with van der Waals surface area (Å²) in [5.74, 6) is 0.560. The average molecular weight is 334 g/mol. The van der Waals surface area contributed by atoms with Crippen LogP contribution >= 0.6 is 0 Å². The largest absolute Gasteiger partial charge is 0.467 e. The lowest BCUT2D eigenvalue weighted by molar-refractivity contribution is 0.0939. The van der Waals surface area contributed by atoms with E-state index in [1.165, 1.54) is 5.56 Å². The van der Waals surface area contributed by atoms with Crippen LogP contribution in [0, 0.1) is 6.92 Å². The Morgan fingerprint density at radius 1 is 1.08 bits per heavy atom. The zero-order chi connectivity index (χ0) is 17.2. The third-order valence-electron chi connectivity index (χ3n) is 4.18. The van der Waals surface area contributed by atoms with E-state index in [0.29, 0.717) is 30.1 Å². The van der Waals surface area contributed by atoms with Crippen LogP contribution in [0.3, 0.4) is 0 Å². The van der Waals surface area contributed by atoms with Gasteiger partial charge in [-0.05, 0) is 24.6 Å². The second-order valence-corrected chi connectivity index (χ2v) is 6.04. The van der Waals surface area contributed by atoms with E-state index < -0.39 is 0 Å². The van der Waals surface area contributed by atoms with Gasteiger partial charge < -0.3 is 18.7 Å². The van der Waals surface area contributed by atoms with Gasteiger partial charge in [-0.15, -0.1) is 0 Å². The van der Waals surface area contributed by atoms with Crippen LogP contribution < -0.4 is 5.32 Å². The highest BCUT2D eigenvalue weighted by molar-refractivity contribution is 5.97. The zero-order valence-electron chi connectivity index (χ0n) is 13.9. The Kier molecular flexibility index (Phi) is 3.90. The molecule has 0 saturated carbocycles. The molecule has 0 saturated heterocycles. The van der Waals surface area contributed by atoms with Crippen molar-refractivity contribution in [3.8, 4) is 0 Å². The topological polar surface area (TPSA) is 60.3 Å². The van der Waals surface area contributed by atoms with Gasteiger partial charge in [-0.1, -0.05) is 29.8 Å². The summed E-state index contributed by atoms with van der Waals surface area (Å²) in [5, 5.41) is 2.89. The molecule has 3 heterocycles. The number of amides is 1. The lowest BCUT2D eigenvalue weighted by Gasteiger charge is -2.11. The first-order valence-electron chi connectivity index (χ1n) is 8.13. The number of nitrogens with one attached hydrogen (secondary N) is 1. The normalized spacial score (nSPS) is 11.1. The number of carbonyl (C=O) groups is 1. The number of aromatic nitrogens is 1. The Morgan fingerprint density at radius 3 is 2.80 bits per heavy atom. The summed E-state index contributed by atoms with van der Waals surface area (Å²) < 4.78 is 12.7. The molecule has 4 aromatic rings. The Balaban J connectivity index is 1.64. The number of nitrogens with zero attached hydrogens (tertiary/aromatic N) is 1. The molecule has 0 atom stereocenters. The van der Waals surface area contributed by atoms with Crippen LogP contribution in [0.1, 0.15) is 27.4 Å². The number of hydrogen-bond acceptors (Lipinski definition) is 3. The first-order chi connectivity index (χ1) is 12.2. The van der Waals surface area contributed by atoms with E-state index in [2.05, 4.69) is 30.4 Å². The monoisotopic (exact) mass is 334 g/mol. The molecule has 126 valence electrons. The van der Waals surface area contributed by atoms with Gasteiger partial charge in [0, 0.05) is 18.7 Å². The van der Waals surface area contributed by atoms with Gasteiger partial charge >= 0.3 is 0 Å². The number of furan rings is 2. The molecule has 4 rings (SSSR count). The number of carbonyl (C=O) groups excluding carboxylic acids is 1. The fourth-order valence-electron chi connectivity index (χ4n) is 3.00. The van der Waals surface area contributed by atoms with Crippen molar-refractivity contribution in [2.24, 2.45) is 0 Å². The summed E-state index contributed by atoms with van der Waals surface area (Å²) in [6.07, 6.45) is 3.23. The fourth-order valence-corrected chi connectivity index (χ4v) is 3.00. The molecule has 5 heteroatoms. The number of hydrogen-bond donors (Lipinski definition) is 1. The first-order valence-corrected chi connectivity index (χ1v) is 8.13. The molecule has 0 aliphatic rings.